The zero-order valence-corrected chi connectivity index (χ0v) is 16.7. The number of nitrogen functional groups attached to an aromatic ring is 1. The third-order valence-corrected chi connectivity index (χ3v) is 5.13. The third-order valence-electron chi connectivity index (χ3n) is 5.13. The van der Waals surface area contributed by atoms with E-state index in [0.29, 0.717) is 5.82 Å². The predicted octanol–water partition coefficient (Wildman–Crippen LogP) is 3.87. The monoisotopic (exact) mass is 383 g/mol. The van der Waals surface area contributed by atoms with Crippen LogP contribution in [0.1, 0.15) is 22.3 Å². The molecule has 146 valence electrons. The Hall–Kier alpha value is -3.13. The van der Waals surface area contributed by atoms with Crippen LogP contribution in [0, 0.1) is 18.8 Å². The summed E-state index contributed by atoms with van der Waals surface area (Å²) in [6, 6.07) is 20.6. The van der Waals surface area contributed by atoms with Gasteiger partial charge in [0.15, 0.2) is 0 Å². The Balaban J connectivity index is 1.41. The van der Waals surface area contributed by atoms with Gasteiger partial charge in [-0.3, -0.25) is 4.90 Å². The number of nitrogens with two attached hydrogens (primary N) is 1. The van der Waals surface area contributed by atoms with Crippen LogP contribution >= 0.6 is 0 Å². The standard InChI is InChI=1S/C25H25N3O/c1-19-2-13-24(27-25(19)26)23-11-9-21(10-12-23)4-3-20-5-7-22(8-6-20)18-28-14-16-29-17-15-28/h2,5-13H,14-18H2,1H3,(H2,26,27). The van der Waals surface area contributed by atoms with Crippen LogP contribution in [0.3, 0.4) is 0 Å². The number of ether oxygens (including phenoxy) is 1. The Morgan fingerprint density at radius 2 is 1.52 bits per heavy atom. The molecule has 1 aliphatic heterocycles. The first-order valence-electron chi connectivity index (χ1n) is 9.92. The minimum Gasteiger partial charge on any atom is -0.383 e. The predicted molar refractivity (Wildman–Crippen MR) is 117 cm³/mol. The number of aromatic nitrogens is 1. The normalized spacial score (nSPS) is 14.2. The topological polar surface area (TPSA) is 51.4 Å². The fourth-order valence-corrected chi connectivity index (χ4v) is 3.28. The Bertz CT molecular complexity index is 1020. The largest absolute Gasteiger partial charge is 0.383 e. The lowest BCUT2D eigenvalue weighted by atomic mass is 10.1. The van der Waals surface area contributed by atoms with E-state index in [0.717, 1.165) is 60.8 Å². The summed E-state index contributed by atoms with van der Waals surface area (Å²) in [6.07, 6.45) is 0. The first-order chi connectivity index (χ1) is 14.2. The Morgan fingerprint density at radius 3 is 2.14 bits per heavy atom. The molecule has 1 aliphatic rings. The van der Waals surface area contributed by atoms with Gasteiger partial charge in [0.2, 0.25) is 0 Å². The highest BCUT2D eigenvalue weighted by atomic mass is 16.5. The van der Waals surface area contributed by atoms with Crippen molar-refractivity contribution in [3.63, 3.8) is 0 Å². The molecule has 0 bridgehead atoms. The van der Waals surface area contributed by atoms with Crippen molar-refractivity contribution < 1.29 is 4.74 Å². The smallest absolute Gasteiger partial charge is 0.126 e. The molecule has 2 aromatic carbocycles. The van der Waals surface area contributed by atoms with Gasteiger partial charge in [0.25, 0.3) is 0 Å². The van der Waals surface area contributed by atoms with E-state index in [1.807, 2.05) is 43.3 Å². The SMILES string of the molecule is Cc1ccc(-c2ccc(C#Cc3ccc(CN4CCOCC4)cc3)cc2)nc1N. The molecule has 0 atom stereocenters. The van der Waals surface area contributed by atoms with E-state index in [1.54, 1.807) is 0 Å². The Kier molecular flexibility index (Phi) is 5.90. The number of hydrogen-bond acceptors (Lipinski definition) is 4. The van der Waals surface area contributed by atoms with Crippen LogP contribution in [0.4, 0.5) is 5.82 Å². The highest BCUT2D eigenvalue weighted by Crippen LogP contribution is 2.20. The minimum atomic E-state index is 0.573. The van der Waals surface area contributed by atoms with Crippen molar-refractivity contribution in [2.24, 2.45) is 0 Å². The molecule has 1 saturated heterocycles. The lowest BCUT2D eigenvalue weighted by Crippen LogP contribution is -2.35. The second kappa shape index (κ2) is 8.91. The molecule has 2 N–H and O–H groups in total. The summed E-state index contributed by atoms with van der Waals surface area (Å²) in [5.74, 6) is 7.06. The molecule has 0 spiro atoms. The number of rotatable bonds is 3. The Labute approximate surface area is 172 Å². The average molecular weight is 383 g/mol. The maximum absolute atomic E-state index is 5.92. The van der Waals surface area contributed by atoms with Gasteiger partial charge in [-0.25, -0.2) is 4.98 Å². The summed E-state index contributed by atoms with van der Waals surface area (Å²) in [5.41, 5.74) is 12.1. The molecule has 4 heteroatoms. The molecule has 2 heterocycles. The maximum atomic E-state index is 5.92. The van der Waals surface area contributed by atoms with Gasteiger partial charge in [0, 0.05) is 36.3 Å². The van der Waals surface area contributed by atoms with Gasteiger partial charge in [-0.2, -0.15) is 0 Å². The number of anilines is 1. The van der Waals surface area contributed by atoms with Crippen molar-refractivity contribution in [2.75, 3.05) is 32.0 Å². The summed E-state index contributed by atoms with van der Waals surface area (Å²) in [6.45, 7) is 6.59. The van der Waals surface area contributed by atoms with Gasteiger partial charge in [-0.1, -0.05) is 42.2 Å². The lowest BCUT2D eigenvalue weighted by Gasteiger charge is -2.26. The molecule has 3 aromatic rings. The van der Waals surface area contributed by atoms with Gasteiger partial charge in [-0.05, 0) is 48.4 Å². The van der Waals surface area contributed by atoms with Crippen LogP contribution in [0.25, 0.3) is 11.3 Å². The summed E-state index contributed by atoms with van der Waals surface area (Å²) in [4.78, 5) is 6.87. The average Bonchev–Trinajstić information content (AvgIpc) is 2.76. The number of aryl methyl sites for hydroxylation is 1. The van der Waals surface area contributed by atoms with Crippen LogP contribution in [-0.2, 0) is 11.3 Å². The van der Waals surface area contributed by atoms with Crippen LogP contribution in [0.5, 0.6) is 0 Å². The summed E-state index contributed by atoms with van der Waals surface area (Å²) >= 11 is 0. The van der Waals surface area contributed by atoms with Crippen LogP contribution in [0.15, 0.2) is 60.7 Å². The van der Waals surface area contributed by atoms with Gasteiger partial charge >= 0.3 is 0 Å². The van der Waals surface area contributed by atoms with E-state index in [1.165, 1.54) is 5.56 Å². The third kappa shape index (κ3) is 5.03. The number of nitrogens with zero attached hydrogens (tertiary/aromatic N) is 2. The van der Waals surface area contributed by atoms with Crippen LogP contribution in [0.2, 0.25) is 0 Å². The fourth-order valence-electron chi connectivity index (χ4n) is 3.28. The van der Waals surface area contributed by atoms with Crippen molar-refractivity contribution in [1.82, 2.24) is 9.88 Å². The quantitative estimate of drug-likeness (QED) is 0.698. The summed E-state index contributed by atoms with van der Waals surface area (Å²) in [7, 11) is 0. The first-order valence-corrected chi connectivity index (χ1v) is 9.92. The van der Waals surface area contributed by atoms with E-state index in [4.69, 9.17) is 10.5 Å². The van der Waals surface area contributed by atoms with E-state index < -0.39 is 0 Å². The zero-order valence-electron chi connectivity index (χ0n) is 16.7. The number of hydrogen-bond donors (Lipinski definition) is 1. The molecule has 1 aromatic heterocycles. The van der Waals surface area contributed by atoms with Gasteiger partial charge in [0.05, 0.1) is 18.9 Å². The van der Waals surface area contributed by atoms with Crippen molar-refractivity contribution >= 4 is 5.82 Å². The van der Waals surface area contributed by atoms with Crippen molar-refractivity contribution in [2.45, 2.75) is 13.5 Å². The van der Waals surface area contributed by atoms with Gasteiger partial charge < -0.3 is 10.5 Å². The summed E-state index contributed by atoms with van der Waals surface area (Å²) < 4.78 is 5.40. The first kappa shape index (κ1) is 19.2. The molecule has 0 aliphatic carbocycles. The highest BCUT2D eigenvalue weighted by Gasteiger charge is 2.10. The molecule has 0 unspecified atom stereocenters. The minimum absolute atomic E-state index is 0.573. The number of pyridine rings is 1. The molecular formula is C25H25N3O. The molecule has 1 fully saturated rings. The molecule has 29 heavy (non-hydrogen) atoms. The fraction of sp³-hybridized carbons (Fsp3) is 0.240. The molecule has 0 saturated carbocycles. The van der Waals surface area contributed by atoms with Crippen LogP contribution in [-0.4, -0.2) is 36.2 Å². The number of benzene rings is 2. The second-order valence-corrected chi connectivity index (χ2v) is 7.31. The van der Waals surface area contributed by atoms with Crippen molar-refractivity contribution in [1.29, 1.82) is 0 Å². The van der Waals surface area contributed by atoms with E-state index in [-0.39, 0.29) is 0 Å². The number of morpholine rings is 1. The molecule has 4 rings (SSSR count). The second-order valence-electron chi connectivity index (χ2n) is 7.31. The molecule has 0 amide bonds. The van der Waals surface area contributed by atoms with Crippen molar-refractivity contribution in [3.05, 3.63) is 82.9 Å². The molecular weight excluding hydrogens is 358 g/mol. The van der Waals surface area contributed by atoms with Crippen molar-refractivity contribution in [3.8, 4) is 23.1 Å². The summed E-state index contributed by atoms with van der Waals surface area (Å²) in [5, 5.41) is 0. The Morgan fingerprint density at radius 1 is 0.897 bits per heavy atom. The van der Waals surface area contributed by atoms with Gasteiger partial charge in [0.1, 0.15) is 5.82 Å². The molecule has 4 nitrogen and oxygen atoms in total. The molecule has 0 radical (unpaired) electrons. The van der Waals surface area contributed by atoms with Crippen LogP contribution < -0.4 is 5.73 Å². The maximum Gasteiger partial charge on any atom is 0.126 e. The van der Waals surface area contributed by atoms with E-state index >= 15 is 0 Å². The highest BCUT2D eigenvalue weighted by molar-refractivity contribution is 5.63. The van der Waals surface area contributed by atoms with Gasteiger partial charge in [-0.15, -0.1) is 0 Å². The van der Waals surface area contributed by atoms with E-state index in [9.17, 15) is 0 Å². The van der Waals surface area contributed by atoms with E-state index in [2.05, 4.69) is 46.0 Å². The zero-order chi connectivity index (χ0) is 20.1. The lowest BCUT2D eigenvalue weighted by molar-refractivity contribution is 0.0342.